The van der Waals surface area contributed by atoms with Gasteiger partial charge in [0, 0.05) is 62.3 Å². The van der Waals surface area contributed by atoms with Gasteiger partial charge in [0.2, 0.25) is 0 Å². The quantitative estimate of drug-likeness (QED) is 0.169. The predicted octanol–water partition coefficient (Wildman–Crippen LogP) is 16.7. The van der Waals surface area contributed by atoms with Crippen molar-refractivity contribution >= 4 is 76.2 Å². The average Bonchev–Trinajstić information content (AvgIpc) is 3.88. The van der Waals surface area contributed by atoms with E-state index in [0.29, 0.717) is 0 Å². The molecule has 0 fully saturated rings. The number of hydrogen-bond donors (Lipinski definition) is 0. The predicted molar refractivity (Wildman–Crippen MR) is 264 cm³/mol. The van der Waals surface area contributed by atoms with Crippen LogP contribution in [0.15, 0.2) is 205 Å². The number of fused-ring (bicyclic) bond motifs is 16. The number of aromatic nitrogens is 2. The highest BCUT2D eigenvalue weighted by atomic mass is 32.3. The van der Waals surface area contributed by atoms with Crippen molar-refractivity contribution in [1.29, 1.82) is 0 Å². The first-order valence-corrected chi connectivity index (χ1v) is 24.1. The molecule has 2 aromatic heterocycles. The van der Waals surface area contributed by atoms with Gasteiger partial charge in [-0.2, -0.15) is 0 Å². The summed E-state index contributed by atoms with van der Waals surface area (Å²) >= 11 is 1.95. The van der Waals surface area contributed by atoms with Crippen LogP contribution in [0.3, 0.4) is 0 Å². The summed E-state index contributed by atoms with van der Waals surface area (Å²) in [6, 6.07) is 67.9. The third-order valence-corrected chi connectivity index (χ3v) is 19.0. The second-order valence-electron chi connectivity index (χ2n) is 18.4. The first-order chi connectivity index (χ1) is 30.2. The van der Waals surface area contributed by atoms with Crippen molar-refractivity contribution in [3.63, 3.8) is 0 Å². The van der Waals surface area contributed by atoms with Gasteiger partial charge in [0.05, 0.1) is 22.1 Å². The highest BCUT2D eigenvalue weighted by Crippen LogP contribution is 2.84. The van der Waals surface area contributed by atoms with E-state index in [2.05, 4.69) is 220 Å². The molecule has 13 rings (SSSR count). The van der Waals surface area contributed by atoms with E-state index < -0.39 is 10.0 Å². The molecule has 0 amide bonds. The molecule has 62 heavy (non-hydrogen) atoms. The number of nitrogens with zero attached hydrogens (tertiary/aromatic N) is 2. The smallest absolute Gasteiger partial charge is 0.0547 e. The lowest BCUT2D eigenvalue weighted by Crippen LogP contribution is -2.14. The number of hydrogen-bond acceptors (Lipinski definition) is 1. The molecule has 1 unspecified atom stereocenters. The van der Waals surface area contributed by atoms with Crippen molar-refractivity contribution in [3.05, 3.63) is 193 Å². The summed E-state index contributed by atoms with van der Waals surface area (Å²) in [4.78, 5) is 8.41. The van der Waals surface area contributed by atoms with Crippen LogP contribution in [0.2, 0.25) is 0 Å². The van der Waals surface area contributed by atoms with E-state index >= 15 is 0 Å². The molecule has 2 aliphatic heterocycles. The standard InChI is InChI=1S/C58H44N2S2/c1-35-18-25-49-45(28-35)46-29-36(2)19-26-50(46)59(49)40-21-23-43-44-24-22-41(60-48-15-9-8-14-42(48)47-30-37-12-6-7-13-38(37)31-51(47)60)34-57(44)62(56(43)33-40)54-17-11-10-16-52(54)61-53-32-39(58(3,4)5)20-27-55(53)62/h6-34H,1-5H3. The van der Waals surface area contributed by atoms with Crippen molar-refractivity contribution in [2.75, 3.05) is 0 Å². The van der Waals surface area contributed by atoms with E-state index in [4.69, 9.17) is 0 Å². The maximum Gasteiger partial charge on any atom is 0.0547 e. The Morgan fingerprint density at radius 1 is 0.403 bits per heavy atom. The van der Waals surface area contributed by atoms with Crippen LogP contribution in [0.4, 0.5) is 0 Å². The lowest BCUT2D eigenvalue weighted by Gasteiger charge is -2.44. The first-order valence-electron chi connectivity index (χ1n) is 21.6. The van der Waals surface area contributed by atoms with Gasteiger partial charge in [-0.25, -0.2) is 0 Å². The molecule has 0 N–H and O–H groups in total. The van der Waals surface area contributed by atoms with E-state index in [-0.39, 0.29) is 5.41 Å². The van der Waals surface area contributed by atoms with E-state index in [1.54, 1.807) is 0 Å². The lowest BCUT2D eigenvalue weighted by atomic mass is 9.87. The lowest BCUT2D eigenvalue weighted by molar-refractivity contribution is 0.587. The van der Waals surface area contributed by atoms with E-state index in [1.807, 2.05) is 11.8 Å². The third kappa shape index (κ3) is 4.91. The fourth-order valence-electron chi connectivity index (χ4n) is 10.6. The van der Waals surface area contributed by atoms with Gasteiger partial charge < -0.3 is 9.13 Å². The van der Waals surface area contributed by atoms with E-state index in [9.17, 15) is 0 Å². The molecule has 0 aliphatic carbocycles. The van der Waals surface area contributed by atoms with Crippen molar-refractivity contribution in [2.24, 2.45) is 0 Å². The van der Waals surface area contributed by atoms with Gasteiger partial charge in [-0.3, -0.25) is 0 Å². The summed E-state index contributed by atoms with van der Waals surface area (Å²) in [6.45, 7) is 11.4. The molecular weight excluding hydrogens is 789 g/mol. The molecule has 1 atom stereocenters. The fourth-order valence-corrected chi connectivity index (χ4v) is 16.9. The largest absolute Gasteiger partial charge is 0.309 e. The van der Waals surface area contributed by atoms with E-state index in [0.717, 1.165) is 0 Å². The summed E-state index contributed by atoms with van der Waals surface area (Å²) in [5, 5.41) is 7.69. The van der Waals surface area contributed by atoms with Crippen LogP contribution in [0.5, 0.6) is 0 Å². The van der Waals surface area contributed by atoms with Crippen molar-refractivity contribution in [1.82, 2.24) is 9.13 Å². The van der Waals surface area contributed by atoms with Gasteiger partial charge in [-0.05, 0) is 138 Å². The summed E-state index contributed by atoms with van der Waals surface area (Å²) in [5.74, 6) is 0. The van der Waals surface area contributed by atoms with Crippen LogP contribution in [-0.4, -0.2) is 9.13 Å². The average molecular weight is 833 g/mol. The van der Waals surface area contributed by atoms with Crippen LogP contribution in [-0.2, 0) is 5.41 Å². The fraction of sp³-hybridized carbons (Fsp3) is 0.103. The summed E-state index contributed by atoms with van der Waals surface area (Å²) in [6.07, 6.45) is 0. The molecule has 4 heterocycles. The monoisotopic (exact) mass is 832 g/mol. The minimum Gasteiger partial charge on any atom is -0.309 e. The third-order valence-electron chi connectivity index (χ3n) is 13.6. The van der Waals surface area contributed by atoms with Crippen molar-refractivity contribution in [3.8, 4) is 22.5 Å². The maximum atomic E-state index is 2.58. The van der Waals surface area contributed by atoms with Gasteiger partial charge in [-0.1, -0.05) is 129 Å². The van der Waals surface area contributed by atoms with Gasteiger partial charge in [0.25, 0.3) is 0 Å². The van der Waals surface area contributed by atoms with Crippen LogP contribution in [0, 0.1) is 13.8 Å². The molecule has 1 spiro atoms. The number of benzene rings is 9. The zero-order valence-corrected chi connectivity index (χ0v) is 37.1. The van der Waals surface area contributed by atoms with Crippen LogP contribution < -0.4 is 0 Å². The molecule has 2 aliphatic rings. The zero-order valence-electron chi connectivity index (χ0n) is 35.5. The Morgan fingerprint density at radius 2 is 0.952 bits per heavy atom. The molecule has 0 saturated carbocycles. The van der Waals surface area contributed by atoms with Gasteiger partial charge >= 0.3 is 0 Å². The summed E-state index contributed by atoms with van der Waals surface area (Å²) < 4.78 is 5.04. The second-order valence-corrected chi connectivity index (χ2v) is 22.4. The Kier molecular flexibility index (Phi) is 7.47. The van der Waals surface area contributed by atoms with Crippen LogP contribution in [0.1, 0.15) is 37.5 Å². The van der Waals surface area contributed by atoms with Crippen molar-refractivity contribution < 1.29 is 0 Å². The first kappa shape index (κ1) is 36.2. The molecule has 9 aromatic carbocycles. The summed E-state index contributed by atoms with van der Waals surface area (Å²) in [7, 11) is -2.00. The Bertz CT molecular complexity index is 3690. The van der Waals surface area contributed by atoms with Crippen LogP contribution >= 0.6 is 21.8 Å². The minimum atomic E-state index is -2.00. The highest BCUT2D eigenvalue weighted by Gasteiger charge is 2.47. The molecule has 0 radical (unpaired) electrons. The second kappa shape index (κ2) is 12.8. The molecule has 11 aromatic rings. The minimum absolute atomic E-state index is 0.0227. The molecule has 2 nitrogen and oxygen atoms in total. The Balaban J connectivity index is 1.14. The Morgan fingerprint density at radius 3 is 1.63 bits per heavy atom. The van der Waals surface area contributed by atoms with Gasteiger partial charge in [0.15, 0.2) is 0 Å². The van der Waals surface area contributed by atoms with E-state index in [1.165, 1.54) is 123 Å². The Labute approximate surface area is 367 Å². The maximum absolute atomic E-state index is 2.58. The highest BCUT2D eigenvalue weighted by molar-refractivity contribution is 8.35. The van der Waals surface area contributed by atoms with Crippen LogP contribution in [0.25, 0.3) is 76.9 Å². The number of rotatable bonds is 2. The zero-order chi connectivity index (χ0) is 41.6. The van der Waals surface area contributed by atoms with Crippen molar-refractivity contribution in [2.45, 2.75) is 69.4 Å². The number of para-hydroxylation sites is 1. The topological polar surface area (TPSA) is 9.86 Å². The molecule has 0 bridgehead atoms. The number of aryl methyl sites for hydroxylation is 2. The Hall–Kier alpha value is -6.46. The molecule has 4 heteroatoms. The van der Waals surface area contributed by atoms with Gasteiger partial charge in [0.1, 0.15) is 0 Å². The molecular formula is C58H44N2S2. The summed E-state index contributed by atoms with van der Waals surface area (Å²) in [5.41, 5.74) is 14.0. The molecule has 298 valence electrons. The SMILES string of the molecule is Cc1ccc2c(c1)c1cc(C)ccc1n2-c1ccc2c(c1)S1(c3ccccc3Sc3cc(C(C)(C)C)ccc31)c1cc(-n3c4ccccc4c4cc5ccccc5cc43)ccc1-2. The van der Waals surface area contributed by atoms with Gasteiger partial charge in [-0.15, -0.1) is 10.0 Å². The molecule has 0 saturated heterocycles. The normalized spacial score (nSPS) is 16.5.